The fourth-order valence-electron chi connectivity index (χ4n) is 9.34. The van der Waals surface area contributed by atoms with E-state index in [4.69, 9.17) is 0 Å². The van der Waals surface area contributed by atoms with Crippen LogP contribution in [0.4, 0.5) is 0 Å². The lowest BCUT2D eigenvalue weighted by Gasteiger charge is -2.61. The van der Waals surface area contributed by atoms with Gasteiger partial charge in [0.25, 0.3) is 0 Å². The standard InChI is InChI=1S/C35H52O2S/c1-33-20-17-28(36)25-27(33)24-26(32-30(33)18-21-34(2)31(32)19-22-35(34,3)37)14-10-7-5-4-6-8-13-23-38-29-15-11-9-12-16-29/h9,11-12,15-16,25-26,30-32,37H,4-8,10,13-14,17-24H2,1-3H3/t26-,30+,31+,32-,33+,34+,35+/m1/s1. The number of hydrogen-bond acceptors (Lipinski definition) is 3. The molecule has 1 aromatic rings. The molecule has 2 nitrogen and oxygen atoms in total. The summed E-state index contributed by atoms with van der Waals surface area (Å²) in [6.07, 6.45) is 20.3. The molecule has 4 aliphatic rings. The van der Waals surface area contributed by atoms with Gasteiger partial charge in [-0.25, -0.2) is 0 Å². The summed E-state index contributed by atoms with van der Waals surface area (Å²) in [4.78, 5) is 13.8. The first-order valence-electron chi connectivity index (χ1n) is 15.9. The number of thioether (sulfide) groups is 1. The van der Waals surface area contributed by atoms with Crippen molar-refractivity contribution in [2.75, 3.05) is 5.75 Å². The summed E-state index contributed by atoms with van der Waals surface area (Å²) >= 11 is 1.99. The molecule has 3 fully saturated rings. The number of unbranched alkanes of at least 4 members (excludes halogenated alkanes) is 6. The molecule has 210 valence electrons. The van der Waals surface area contributed by atoms with Crippen LogP contribution in [0.5, 0.6) is 0 Å². The zero-order chi connectivity index (χ0) is 26.8. The fourth-order valence-corrected chi connectivity index (χ4v) is 10.3. The monoisotopic (exact) mass is 536 g/mol. The summed E-state index contributed by atoms with van der Waals surface area (Å²) in [5.74, 6) is 4.35. The van der Waals surface area contributed by atoms with Gasteiger partial charge in [-0.3, -0.25) is 4.79 Å². The van der Waals surface area contributed by atoms with Gasteiger partial charge in [-0.15, -0.1) is 11.8 Å². The molecular weight excluding hydrogens is 484 g/mol. The molecule has 7 atom stereocenters. The van der Waals surface area contributed by atoms with Crippen LogP contribution in [-0.2, 0) is 4.79 Å². The molecule has 1 aromatic carbocycles. The zero-order valence-electron chi connectivity index (χ0n) is 24.4. The van der Waals surface area contributed by atoms with Gasteiger partial charge in [-0.2, -0.15) is 0 Å². The molecule has 0 heterocycles. The Bertz CT molecular complexity index is 983. The van der Waals surface area contributed by atoms with Crippen LogP contribution in [-0.4, -0.2) is 22.2 Å². The molecule has 4 aliphatic carbocycles. The normalized spacial score (nSPS) is 38.3. The van der Waals surface area contributed by atoms with Crippen molar-refractivity contribution in [1.82, 2.24) is 0 Å². The van der Waals surface area contributed by atoms with E-state index in [-0.39, 0.29) is 10.8 Å². The van der Waals surface area contributed by atoms with Gasteiger partial charge in [0.15, 0.2) is 5.78 Å². The second-order valence-corrected chi connectivity index (χ2v) is 15.2. The number of benzene rings is 1. The molecule has 0 unspecified atom stereocenters. The van der Waals surface area contributed by atoms with Crippen molar-refractivity contribution in [2.45, 2.75) is 128 Å². The Morgan fingerprint density at radius 2 is 1.55 bits per heavy atom. The van der Waals surface area contributed by atoms with E-state index in [1.165, 1.54) is 80.4 Å². The van der Waals surface area contributed by atoms with Crippen LogP contribution in [0.2, 0.25) is 0 Å². The Morgan fingerprint density at radius 1 is 0.868 bits per heavy atom. The number of aliphatic hydroxyl groups is 1. The van der Waals surface area contributed by atoms with E-state index < -0.39 is 5.60 Å². The first-order valence-corrected chi connectivity index (χ1v) is 16.9. The van der Waals surface area contributed by atoms with Crippen LogP contribution in [0, 0.1) is 34.5 Å². The van der Waals surface area contributed by atoms with Crippen molar-refractivity contribution >= 4 is 17.5 Å². The van der Waals surface area contributed by atoms with Gasteiger partial charge in [0.05, 0.1) is 5.60 Å². The number of hydrogen-bond donors (Lipinski definition) is 1. The zero-order valence-corrected chi connectivity index (χ0v) is 25.2. The van der Waals surface area contributed by atoms with Crippen molar-refractivity contribution in [1.29, 1.82) is 0 Å². The van der Waals surface area contributed by atoms with Gasteiger partial charge >= 0.3 is 0 Å². The van der Waals surface area contributed by atoms with Gasteiger partial charge in [-0.05, 0) is 117 Å². The predicted molar refractivity (Wildman–Crippen MR) is 160 cm³/mol. The molecular formula is C35H52O2S. The summed E-state index contributed by atoms with van der Waals surface area (Å²) < 4.78 is 0. The van der Waals surface area contributed by atoms with Crippen molar-refractivity contribution in [3.8, 4) is 0 Å². The first kappa shape index (κ1) is 28.5. The topological polar surface area (TPSA) is 37.3 Å². The van der Waals surface area contributed by atoms with Crippen LogP contribution >= 0.6 is 11.8 Å². The SMILES string of the molecule is C[C@]12CCC(=O)C=C1C[C@@H](CCCCCCCCCSc1ccccc1)[C@@H]1[C@@H]2CC[C@@]2(C)[C@H]1CC[C@]2(C)O. The Balaban J connectivity index is 1.12. The number of fused-ring (bicyclic) bond motifs is 5. The summed E-state index contributed by atoms with van der Waals surface area (Å²) in [6, 6.07) is 10.8. The quantitative estimate of drug-likeness (QED) is 0.226. The number of ketones is 1. The molecule has 0 radical (unpaired) electrons. The van der Waals surface area contributed by atoms with E-state index in [0.29, 0.717) is 23.5 Å². The lowest BCUT2D eigenvalue weighted by molar-refractivity contribution is -0.135. The molecule has 38 heavy (non-hydrogen) atoms. The van der Waals surface area contributed by atoms with E-state index in [1.54, 1.807) is 0 Å². The molecule has 0 bridgehead atoms. The number of rotatable bonds is 11. The molecule has 5 rings (SSSR count). The Labute approximate surface area is 236 Å². The third kappa shape index (κ3) is 5.58. The third-order valence-corrected chi connectivity index (χ3v) is 13.0. The summed E-state index contributed by atoms with van der Waals surface area (Å²) in [5, 5.41) is 11.4. The molecule has 0 aliphatic heterocycles. The molecule has 0 amide bonds. The second kappa shape index (κ2) is 11.8. The second-order valence-electron chi connectivity index (χ2n) is 14.0. The highest BCUT2D eigenvalue weighted by molar-refractivity contribution is 7.99. The van der Waals surface area contributed by atoms with Gasteiger partial charge < -0.3 is 5.11 Å². The third-order valence-electron chi connectivity index (χ3n) is 11.9. The van der Waals surface area contributed by atoms with Crippen LogP contribution in [0.25, 0.3) is 0 Å². The average molecular weight is 537 g/mol. The minimum absolute atomic E-state index is 0.0628. The maximum atomic E-state index is 12.4. The summed E-state index contributed by atoms with van der Waals surface area (Å²) in [7, 11) is 0. The molecule has 1 N–H and O–H groups in total. The van der Waals surface area contributed by atoms with Crippen molar-refractivity contribution in [2.24, 2.45) is 34.5 Å². The smallest absolute Gasteiger partial charge is 0.155 e. The fraction of sp³-hybridized carbons (Fsp3) is 0.743. The van der Waals surface area contributed by atoms with Gasteiger partial charge in [0.1, 0.15) is 0 Å². The first-order chi connectivity index (χ1) is 18.2. The Hall–Kier alpha value is -1.06. The minimum atomic E-state index is -0.521. The van der Waals surface area contributed by atoms with Gasteiger partial charge in [0, 0.05) is 11.3 Å². The average Bonchev–Trinajstić information content (AvgIpc) is 3.15. The summed E-state index contributed by atoms with van der Waals surface area (Å²) in [5.41, 5.74) is 1.24. The maximum absolute atomic E-state index is 12.4. The van der Waals surface area contributed by atoms with Crippen LogP contribution < -0.4 is 0 Å². The highest BCUT2D eigenvalue weighted by atomic mass is 32.2. The molecule has 0 saturated heterocycles. The lowest BCUT2D eigenvalue weighted by atomic mass is 9.44. The largest absolute Gasteiger partial charge is 0.390 e. The predicted octanol–water partition coefficient (Wildman–Crippen LogP) is 9.41. The van der Waals surface area contributed by atoms with E-state index >= 15 is 0 Å². The number of allylic oxidation sites excluding steroid dienone is 1. The highest BCUT2D eigenvalue weighted by Crippen LogP contribution is 2.69. The van der Waals surface area contributed by atoms with Gasteiger partial charge in [-0.1, -0.05) is 76.1 Å². The molecule has 3 heteroatoms. The molecule has 0 spiro atoms. The van der Waals surface area contributed by atoms with E-state index in [1.807, 2.05) is 11.8 Å². The van der Waals surface area contributed by atoms with E-state index in [9.17, 15) is 9.90 Å². The number of carbonyl (C=O) groups excluding carboxylic acids is 1. The maximum Gasteiger partial charge on any atom is 0.155 e. The minimum Gasteiger partial charge on any atom is -0.390 e. The molecule has 3 saturated carbocycles. The summed E-state index contributed by atoms with van der Waals surface area (Å²) in [6.45, 7) is 7.03. The Kier molecular flexibility index (Phi) is 8.85. The molecule has 0 aromatic heterocycles. The highest BCUT2D eigenvalue weighted by Gasteiger charge is 2.64. The van der Waals surface area contributed by atoms with E-state index in [2.05, 4.69) is 57.2 Å². The van der Waals surface area contributed by atoms with Crippen LogP contribution in [0.3, 0.4) is 0 Å². The van der Waals surface area contributed by atoms with Crippen molar-refractivity contribution < 1.29 is 9.90 Å². The number of carbonyl (C=O) groups is 1. The van der Waals surface area contributed by atoms with Crippen molar-refractivity contribution in [3.63, 3.8) is 0 Å². The van der Waals surface area contributed by atoms with Crippen LogP contribution in [0.15, 0.2) is 46.9 Å². The van der Waals surface area contributed by atoms with E-state index in [0.717, 1.165) is 38.0 Å². The van der Waals surface area contributed by atoms with Gasteiger partial charge in [0.2, 0.25) is 0 Å². The Morgan fingerprint density at radius 3 is 2.32 bits per heavy atom. The van der Waals surface area contributed by atoms with Crippen molar-refractivity contribution in [3.05, 3.63) is 42.0 Å². The van der Waals surface area contributed by atoms with Crippen LogP contribution in [0.1, 0.15) is 117 Å². The lowest BCUT2D eigenvalue weighted by Crippen LogP contribution is -2.56.